The van der Waals surface area contributed by atoms with Gasteiger partial charge in [0.1, 0.15) is 0 Å². The van der Waals surface area contributed by atoms with Crippen LogP contribution in [0.3, 0.4) is 0 Å². The van der Waals surface area contributed by atoms with E-state index in [0.717, 1.165) is 9.35 Å². The molecule has 0 fully saturated rings. The minimum absolute atomic E-state index is 0.186. The fourth-order valence-corrected chi connectivity index (χ4v) is 3.65. The minimum atomic E-state index is -0.506. The standard InChI is InChI=1S/C17H14BrNO5S/c1-21-13-4-9(5-14(22-2)15(13)23-3)16-19-12(17(20)24-16)7-11-6-10(18)8-25-11/h4-8H,1-3H3/b12-7+. The molecule has 1 aliphatic rings. The molecule has 2 aromatic rings. The molecule has 0 unspecified atom stereocenters. The number of carbonyl (C=O) groups is 1. The maximum atomic E-state index is 12.1. The van der Waals surface area contributed by atoms with Gasteiger partial charge in [0.05, 0.1) is 21.3 Å². The number of benzene rings is 1. The fraction of sp³-hybridized carbons (Fsp3) is 0.176. The Bertz CT molecular complexity index is 862. The lowest BCUT2D eigenvalue weighted by Crippen LogP contribution is -2.06. The van der Waals surface area contributed by atoms with Crippen LogP contribution in [0.4, 0.5) is 0 Å². The summed E-state index contributed by atoms with van der Waals surface area (Å²) in [6.07, 6.45) is 1.68. The Morgan fingerprint density at radius 2 is 1.80 bits per heavy atom. The summed E-state index contributed by atoms with van der Waals surface area (Å²) in [7, 11) is 4.56. The number of rotatable bonds is 5. The van der Waals surface area contributed by atoms with Crippen LogP contribution in [0.5, 0.6) is 17.2 Å². The van der Waals surface area contributed by atoms with E-state index in [1.54, 1.807) is 18.2 Å². The first-order valence-electron chi connectivity index (χ1n) is 7.12. The summed E-state index contributed by atoms with van der Waals surface area (Å²) in [4.78, 5) is 17.3. The van der Waals surface area contributed by atoms with Gasteiger partial charge in [-0.3, -0.25) is 0 Å². The van der Waals surface area contributed by atoms with Crippen LogP contribution in [0.2, 0.25) is 0 Å². The van der Waals surface area contributed by atoms with Gasteiger partial charge in [0.2, 0.25) is 11.6 Å². The molecule has 1 aliphatic heterocycles. The van der Waals surface area contributed by atoms with Crippen LogP contribution in [0, 0.1) is 0 Å². The van der Waals surface area contributed by atoms with E-state index in [9.17, 15) is 4.79 Å². The summed E-state index contributed by atoms with van der Waals surface area (Å²) < 4.78 is 22.2. The van der Waals surface area contributed by atoms with Crippen molar-refractivity contribution in [3.63, 3.8) is 0 Å². The number of aliphatic imine (C=N–C) groups is 1. The van der Waals surface area contributed by atoms with Gasteiger partial charge >= 0.3 is 5.97 Å². The van der Waals surface area contributed by atoms with Crippen LogP contribution >= 0.6 is 27.3 Å². The first-order chi connectivity index (χ1) is 12.0. The molecule has 130 valence electrons. The quantitative estimate of drug-likeness (QED) is 0.539. The zero-order valence-electron chi connectivity index (χ0n) is 13.7. The van der Waals surface area contributed by atoms with E-state index in [4.69, 9.17) is 18.9 Å². The van der Waals surface area contributed by atoms with E-state index >= 15 is 0 Å². The van der Waals surface area contributed by atoms with Crippen molar-refractivity contribution < 1.29 is 23.7 Å². The second-order valence-corrected chi connectivity index (χ2v) is 6.78. The van der Waals surface area contributed by atoms with Crippen molar-refractivity contribution in [1.82, 2.24) is 0 Å². The van der Waals surface area contributed by atoms with Crippen molar-refractivity contribution in [1.29, 1.82) is 0 Å². The van der Waals surface area contributed by atoms with Crippen LogP contribution in [0.1, 0.15) is 10.4 Å². The molecule has 0 saturated carbocycles. The highest BCUT2D eigenvalue weighted by Crippen LogP contribution is 2.39. The van der Waals surface area contributed by atoms with Crippen molar-refractivity contribution in [3.05, 3.63) is 44.2 Å². The molecule has 0 saturated heterocycles. The molecule has 0 atom stereocenters. The number of halogens is 1. The molecule has 25 heavy (non-hydrogen) atoms. The molecule has 3 rings (SSSR count). The Labute approximate surface area is 156 Å². The van der Waals surface area contributed by atoms with Gasteiger partial charge in [-0.05, 0) is 40.2 Å². The summed E-state index contributed by atoms with van der Waals surface area (Å²) >= 11 is 4.88. The number of cyclic esters (lactones) is 1. The Morgan fingerprint density at radius 3 is 2.32 bits per heavy atom. The van der Waals surface area contributed by atoms with E-state index in [1.807, 2.05) is 11.4 Å². The fourth-order valence-electron chi connectivity index (χ4n) is 2.28. The Balaban J connectivity index is 2.00. The van der Waals surface area contributed by atoms with Crippen molar-refractivity contribution in [3.8, 4) is 17.2 Å². The van der Waals surface area contributed by atoms with Gasteiger partial charge in [0.25, 0.3) is 0 Å². The number of thiophene rings is 1. The zero-order chi connectivity index (χ0) is 18.0. The molecular formula is C17H14BrNO5S. The van der Waals surface area contributed by atoms with Crippen LogP contribution in [0.25, 0.3) is 6.08 Å². The minimum Gasteiger partial charge on any atom is -0.493 e. The monoisotopic (exact) mass is 423 g/mol. The highest BCUT2D eigenvalue weighted by Gasteiger charge is 2.26. The lowest BCUT2D eigenvalue weighted by molar-refractivity contribution is -0.129. The number of carbonyl (C=O) groups excluding carboxylic acids is 1. The molecule has 0 bridgehead atoms. The van der Waals surface area contributed by atoms with Crippen molar-refractivity contribution in [2.24, 2.45) is 4.99 Å². The number of hydrogen-bond donors (Lipinski definition) is 0. The van der Waals surface area contributed by atoms with Crippen molar-refractivity contribution in [2.75, 3.05) is 21.3 Å². The van der Waals surface area contributed by atoms with E-state index in [1.165, 1.54) is 32.7 Å². The largest absolute Gasteiger partial charge is 0.493 e. The lowest BCUT2D eigenvalue weighted by atomic mass is 10.2. The van der Waals surface area contributed by atoms with Gasteiger partial charge in [0, 0.05) is 20.3 Å². The van der Waals surface area contributed by atoms with Crippen LogP contribution in [-0.4, -0.2) is 33.2 Å². The summed E-state index contributed by atoms with van der Waals surface area (Å²) in [5.74, 6) is 1.04. The number of hydrogen-bond acceptors (Lipinski definition) is 7. The first kappa shape index (κ1) is 17.5. The van der Waals surface area contributed by atoms with Gasteiger partial charge in [-0.1, -0.05) is 0 Å². The van der Waals surface area contributed by atoms with Crippen LogP contribution in [0.15, 0.2) is 38.7 Å². The zero-order valence-corrected chi connectivity index (χ0v) is 16.1. The van der Waals surface area contributed by atoms with Crippen LogP contribution < -0.4 is 14.2 Å². The van der Waals surface area contributed by atoms with Crippen molar-refractivity contribution >= 4 is 45.2 Å². The second-order valence-electron chi connectivity index (χ2n) is 4.92. The number of ether oxygens (including phenoxy) is 4. The third kappa shape index (κ3) is 3.54. The number of methoxy groups -OCH3 is 3. The highest BCUT2D eigenvalue weighted by atomic mass is 79.9. The summed E-state index contributed by atoms with van der Waals surface area (Å²) in [5.41, 5.74) is 0.789. The van der Waals surface area contributed by atoms with Gasteiger partial charge in [-0.15, -0.1) is 11.3 Å². The third-order valence-corrected chi connectivity index (χ3v) is 5.04. The number of esters is 1. The molecule has 1 aromatic carbocycles. The molecule has 1 aromatic heterocycles. The summed E-state index contributed by atoms with van der Waals surface area (Å²) in [5, 5.41) is 1.93. The molecule has 0 aliphatic carbocycles. The Kier molecular flexibility index (Phi) is 5.10. The van der Waals surface area contributed by atoms with Gasteiger partial charge in [-0.25, -0.2) is 9.79 Å². The second kappa shape index (κ2) is 7.28. The maximum absolute atomic E-state index is 12.1. The van der Waals surface area contributed by atoms with Gasteiger partial charge < -0.3 is 18.9 Å². The predicted octanol–water partition coefficient (Wildman–Crippen LogP) is 3.88. The van der Waals surface area contributed by atoms with Gasteiger partial charge in [0.15, 0.2) is 17.2 Å². The van der Waals surface area contributed by atoms with E-state index in [2.05, 4.69) is 20.9 Å². The van der Waals surface area contributed by atoms with E-state index in [-0.39, 0.29) is 11.6 Å². The molecule has 6 nitrogen and oxygen atoms in total. The van der Waals surface area contributed by atoms with Gasteiger partial charge in [-0.2, -0.15) is 0 Å². The molecule has 0 amide bonds. The highest BCUT2D eigenvalue weighted by molar-refractivity contribution is 9.10. The molecule has 0 spiro atoms. The molecule has 8 heteroatoms. The molecule has 2 heterocycles. The normalized spacial score (nSPS) is 15.1. The maximum Gasteiger partial charge on any atom is 0.363 e. The smallest absolute Gasteiger partial charge is 0.363 e. The molecular weight excluding hydrogens is 410 g/mol. The van der Waals surface area contributed by atoms with E-state index in [0.29, 0.717) is 22.8 Å². The lowest BCUT2D eigenvalue weighted by Gasteiger charge is -2.13. The Morgan fingerprint density at radius 1 is 1.12 bits per heavy atom. The van der Waals surface area contributed by atoms with E-state index < -0.39 is 5.97 Å². The number of nitrogens with zero attached hydrogens (tertiary/aromatic N) is 1. The Hall–Kier alpha value is -2.32. The average molecular weight is 424 g/mol. The predicted molar refractivity (Wildman–Crippen MR) is 98.7 cm³/mol. The average Bonchev–Trinajstić information content (AvgIpc) is 3.19. The summed E-state index contributed by atoms with van der Waals surface area (Å²) in [6.45, 7) is 0. The topological polar surface area (TPSA) is 66.4 Å². The third-order valence-electron chi connectivity index (χ3n) is 3.40. The van der Waals surface area contributed by atoms with Crippen LogP contribution in [-0.2, 0) is 9.53 Å². The summed E-state index contributed by atoms with van der Waals surface area (Å²) in [6, 6.07) is 5.26. The SMILES string of the molecule is COc1cc(C2=N/C(=C/c3cc(Br)cs3)C(=O)O2)cc(OC)c1OC. The molecule has 0 N–H and O–H groups in total. The molecule has 0 radical (unpaired) electrons. The first-order valence-corrected chi connectivity index (χ1v) is 8.80. The van der Waals surface area contributed by atoms with Crippen molar-refractivity contribution in [2.45, 2.75) is 0 Å².